The van der Waals surface area contributed by atoms with Crippen LogP contribution < -0.4 is 0 Å². The van der Waals surface area contributed by atoms with Gasteiger partial charge in [0.05, 0.1) is 12.2 Å². The molecule has 0 spiro atoms. The minimum Gasteiger partial charge on any atom is -0.461 e. The highest BCUT2D eigenvalue weighted by Gasteiger charge is 2.13. The third-order valence-electron chi connectivity index (χ3n) is 4.30. The number of amides is 1. The Hall–Kier alpha value is -2.89. The second kappa shape index (κ2) is 7.99. The van der Waals surface area contributed by atoms with E-state index in [4.69, 9.17) is 4.42 Å². The van der Waals surface area contributed by atoms with Crippen LogP contribution in [0.25, 0.3) is 11.3 Å². The first-order valence-electron chi connectivity index (χ1n) is 8.66. The van der Waals surface area contributed by atoms with Crippen molar-refractivity contribution in [1.82, 2.24) is 14.7 Å². The number of aromatic nitrogens is 2. The molecule has 3 rings (SSSR count). The van der Waals surface area contributed by atoms with E-state index in [1.54, 1.807) is 30.3 Å². The van der Waals surface area contributed by atoms with Crippen LogP contribution in [0.1, 0.15) is 24.8 Å². The molecule has 0 radical (unpaired) electrons. The topological polar surface area (TPSA) is 51.3 Å². The van der Waals surface area contributed by atoms with Crippen LogP contribution in [0.4, 0.5) is 4.39 Å². The van der Waals surface area contributed by atoms with Crippen molar-refractivity contribution in [3.63, 3.8) is 0 Å². The van der Waals surface area contributed by atoms with Crippen molar-refractivity contribution in [2.24, 2.45) is 0 Å². The van der Waals surface area contributed by atoms with E-state index < -0.39 is 0 Å². The molecule has 0 saturated heterocycles. The summed E-state index contributed by atoms with van der Waals surface area (Å²) in [5.41, 5.74) is 1.83. The first-order valence-corrected chi connectivity index (χ1v) is 8.66. The quantitative estimate of drug-likeness (QED) is 0.646. The molecule has 2 aromatic heterocycles. The fourth-order valence-electron chi connectivity index (χ4n) is 2.81. The van der Waals surface area contributed by atoms with Gasteiger partial charge in [0.1, 0.15) is 17.3 Å². The molecule has 3 aromatic rings. The van der Waals surface area contributed by atoms with E-state index in [-0.39, 0.29) is 11.7 Å². The molecule has 26 heavy (non-hydrogen) atoms. The minimum absolute atomic E-state index is 0.0496. The third-order valence-corrected chi connectivity index (χ3v) is 4.30. The number of nitrogens with zero attached hydrogens (tertiary/aromatic N) is 3. The summed E-state index contributed by atoms with van der Waals surface area (Å²) in [5, 5.41) is 4.22. The molecule has 0 N–H and O–H groups in total. The maximum absolute atomic E-state index is 13.0. The number of rotatable bonds is 7. The molecule has 0 unspecified atom stereocenters. The molecular weight excluding hydrogens is 333 g/mol. The van der Waals surface area contributed by atoms with Gasteiger partial charge < -0.3 is 9.32 Å². The molecule has 0 aliphatic heterocycles. The van der Waals surface area contributed by atoms with Gasteiger partial charge in [-0.05, 0) is 49.4 Å². The van der Waals surface area contributed by atoms with Crippen LogP contribution >= 0.6 is 0 Å². The molecule has 0 bridgehead atoms. The highest BCUT2D eigenvalue weighted by Crippen LogP contribution is 2.23. The fraction of sp³-hybridized carbons (Fsp3) is 0.300. The first kappa shape index (κ1) is 17.9. The van der Waals surface area contributed by atoms with Gasteiger partial charge in [-0.25, -0.2) is 4.39 Å². The summed E-state index contributed by atoms with van der Waals surface area (Å²) in [6.45, 7) is 3.34. The van der Waals surface area contributed by atoms with Crippen molar-refractivity contribution in [2.45, 2.75) is 32.9 Å². The minimum atomic E-state index is -0.279. The molecule has 6 heteroatoms. The van der Waals surface area contributed by atoms with Gasteiger partial charge in [-0.3, -0.25) is 9.48 Å². The second-order valence-corrected chi connectivity index (χ2v) is 6.16. The monoisotopic (exact) mass is 355 g/mol. The second-order valence-electron chi connectivity index (χ2n) is 6.16. The van der Waals surface area contributed by atoms with Gasteiger partial charge >= 0.3 is 0 Å². The number of aryl methyl sites for hydroxylation is 2. The van der Waals surface area contributed by atoms with Gasteiger partial charge in [0.15, 0.2) is 0 Å². The first-order chi connectivity index (χ1) is 12.6. The number of halogens is 1. The lowest BCUT2D eigenvalue weighted by Crippen LogP contribution is -2.27. The van der Waals surface area contributed by atoms with Crippen molar-refractivity contribution in [1.29, 1.82) is 0 Å². The van der Waals surface area contributed by atoms with Crippen molar-refractivity contribution in [3.05, 3.63) is 65.9 Å². The van der Waals surface area contributed by atoms with Crippen LogP contribution in [-0.4, -0.2) is 27.6 Å². The molecule has 1 amide bonds. The van der Waals surface area contributed by atoms with Crippen molar-refractivity contribution >= 4 is 5.91 Å². The van der Waals surface area contributed by atoms with Crippen molar-refractivity contribution in [2.75, 3.05) is 7.05 Å². The van der Waals surface area contributed by atoms with E-state index >= 15 is 0 Å². The zero-order chi connectivity index (χ0) is 18.5. The van der Waals surface area contributed by atoms with Gasteiger partial charge in [-0.2, -0.15) is 5.10 Å². The Morgan fingerprint density at radius 3 is 2.69 bits per heavy atom. The van der Waals surface area contributed by atoms with Gasteiger partial charge in [-0.1, -0.05) is 0 Å². The molecule has 2 heterocycles. The Bertz CT molecular complexity index is 867. The number of furan rings is 1. The molecule has 5 nitrogen and oxygen atoms in total. The third kappa shape index (κ3) is 4.20. The summed E-state index contributed by atoms with van der Waals surface area (Å²) >= 11 is 0. The molecule has 1 aromatic carbocycles. The predicted molar refractivity (Wildman–Crippen MR) is 96.8 cm³/mol. The Morgan fingerprint density at radius 2 is 1.96 bits per heavy atom. The van der Waals surface area contributed by atoms with E-state index in [9.17, 15) is 9.18 Å². The van der Waals surface area contributed by atoms with E-state index in [0.717, 1.165) is 23.6 Å². The fourth-order valence-corrected chi connectivity index (χ4v) is 2.81. The number of hydrogen-bond acceptors (Lipinski definition) is 3. The summed E-state index contributed by atoms with van der Waals surface area (Å²) in [6, 6.07) is 11.8. The van der Waals surface area contributed by atoms with Crippen LogP contribution in [0.15, 0.2) is 53.1 Å². The smallest absolute Gasteiger partial charge is 0.223 e. The number of carbonyl (C=O) groups is 1. The van der Waals surface area contributed by atoms with Crippen LogP contribution in [0.2, 0.25) is 0 Å². The highest BCUT2D eigenvalue weighted by atomic mass is 19.1. The van der Waals surface area contributed by atoms with Gasteiger partial charge in [0.2, 0.25) is 5.91 Å². The maximum atomic E-state index is 13.0. The van der Waals surface area contributed by atoms with Crippen LogP contribution in [0.3, 0.4) is 0 Å². The summed E-state index contributed by atoms with van der Waals surface area (Å²) in [6.07, 6.45) is 2.64. The average Bonchev–Trinajstić information content (AvgIpc) is 3.29. The predicted octanol–water partition coefficient (Wildman–Crippen LogP) is 3.89. The lowest BCUT2D eigenvalue weighted by atomic mass is 10.2. The Labute approximate surface area is 152 Å². The molecule has 0 aliphatic rings. The van der Waals surface area contributed by atoms with Crippen molar-refractivity contribution < 1.29 is 13.6 Å². The van der Waals surface area contributed by atoms with E-state index in [0.29, 0.717) is 25.1 Å². The standard InChI is InChI=1S/C20H22FN3O2/c1-3-24-17(12-13-22-24)14-23(2)20(25)11-9-18-8-10-19(26-18)15-4-6-16(21)7-5-15/h4-8,10,12-13H,3,9,11,14H2,1-2H3. The number of benzene rings is 1. The Morgan fingerprint density at radius 1 is 1.19 bits per heavy atom. The van der Waals surface area contributed by atoms with Crippen molar-refractivity contribution in [3.8, 4) is 11.3 Å². The molecule has 136 valence electrons. The van der Waals surface area contributed by atoms with Crippen LogP contribution in [-0.2, 0) is 24.3 Å². The van der Waals surface area contributed by atoms with Crippen LogP contribution in [0, 0.1) is 5.82 Å². The Kier molecular flexibility index (Phi) is 5.51. The molecule has 0 atom stereocenters. The van der Waals surface area contributed by atoms with E-state index in [1.807, 2.05) is 29.8 Å². The maximum Gasteiger partial charge on any atom is 0.223 e. The Balaban J connectivity index is 1.55. The SMILES string of the molecule is CCn1nccc1CN(C)C(=O)CCc1ccc(-c2ccc(F)cc2)o1. The van der Waals surface area contributed by atoms with Gasteiger partial charge in [0.25, 0.3) is 0 Å². The number of carbonyl (C=O) groups excluding carboxylic acids is 1. The molecule has 0 aliphatic carbocycles. The molecular formula is C20H22FN3O2. The van der Waals surface area contributed by atoms with E-state index in [2.05, 4.69) is 5.10 Å². The zero-order valence-corrected chi connectivity index (χ0v) is 15.0. The largest absolute Gasteiger partial charge is 0.461 e. The highest BCUT2D eigenvalue weighted by molar-refractivity contribution is 5.76. The zero-order valence-electron chi connectivity index (χ0n) is 15.0. The molecule has 0 saturated carbocycles. The number of hydrogen-bond donors (Lipinski definition) is 0. The van der Waals surface area contributed by atoms with Gasteiger partial charge in [0, 0.05) is 38.2 Å². The lowest BCUT2D eigenvalue weighted by molar-refractivity contribution is -0.130. The average molecular weight is 355 g/mol. The summed E-state index contributed by atoms with van der Waals surface area (Å²) in [5.74, 6) is 1.18. The molecule has 0 fully saturated rings. The van der Waals surface area contributed by atoms with E-state index in [1.165, 1.54) is 12.1 Å². The summed E-state index contributed by atoms with van der Waals surface area (Å²) < 4.78 is 20.7. The van der Waals surface area contributed by atoms with Gasteiger partial charge in [-0.15, -0.1) is 0 Å². The van der Waals surface area contributed by atoms with Crippen LogP contribution in [0.5, 0.6) is 0 Å². The lowest BCUT2D eigenvalue weighted by Gasteiger charge is -2.17. The summed E-state index contributed by atoms with van der Waals surface area (Å²) in [4.78, 5) is 14.1. The summed E-state index contributed by atoms with van der Waals surface area (Å²) in [7, 11) is 1.79. The normalized spacial score (nSPS) is 10.9.